The number of thiocarbonyl (C=S) groups is 1. The minimum atomic E-state index is -0.470. The average molecular weight is 438 g/mol. The van der Waals surface area contributed by atoms with Crippen molar-refractivity contribution in [2.45, 2.75) is 52.5 Å². The Morgan fingerprint density at radius 3 is 2.48 bits per heavy atom. The maximum atomic E-state index is 13.3. The van der Waals surface area contributed by atoms with Crippen LogP contribution in [-0.4, -0.2) is 28.1 Å². The summed E-state index contributed by atoms with van der Waals surface area (Å²) in [7, 11) is 0. The third-order valence-electron chi connectivity index (χ3n) is 6.02. The van der Waals surface area contributed by atoms with E-state index >= 15 is 0 Å². The van der Waals surface area contributed by atoms with Crippen LogP contribution in [0.2, 0.25) is 0 Å². The smallest absolute Gasteiger partial charge is 0.270 e. The first-order valence-electron chi connectivity index (χ1n) is 10.7. The molecular formula is C24H27N3O3S. The van der Waals surface area contributed by atoms with Gasteiger partial charge in [-0.05, 0) is 87.8 Å². The van der Waals surface area contributed by atoms with Gasteiger partial charge in [-0.2, -0.15) is 0 Å². The quantitative estimate of drug-likeness (QED) is 0.426. The lowest BCUT2D eigenvalue weighted by Gasteiger charge is -2.29. The monoisotopic (exact) mass is 437 g/mol. The van der Waals surface area contributed by atoms with E-state index in [2.05, 4.69) is 29.8 Å². The van der Waals surface area contributed by atoms with Gasteiger partial charge in [0.1, 0.15) is 11.3 Å². The molecule has 0 bridgehead atoms. The van der Waals surface area contributed by atoms with Gasteiger partial charge in [0.25, 0.3) is 11.8 Å². The molecule has 31 heavy (non-hydrogen) atoms. The number of aryl methyl sites for hydroxylation is 1. The Bertz CT molecular complexity index is 1060. The van der Waals surface area contributed by atoms with Gasteiger partial charge in [0.15, 0.2) is 5.11 Å². The normalized spacial score (nSPS) is 18.7. The summed E-state index contributed by atoms with van der Waals surface area (Å²) in [6.07, 6.45) is 6.52. The third-order valence-corrected chi connectivity index (χ3v) is 6.31. The summed E-state index contributed by atoms with van der Waals surface area (Å²) in [6, 6.07) is 9.63. The van der Waals surface area contributed by atoms with Gasteiger partial charge in [-0.1, -0.05) is 12.8 Å². The van der Waals surface area contributed by atoms with E-state index in [0.29, 0.717) is 24.1 Å². The number of hydrogen-bond acceptors (Lipinski definition) is 4. The summed E-state index contributed by atoms with van der Waals surface area (Å²) in [5.41, 5.74) is 3.79. The minimum absolute atomic E-state index is 0.0766. The maximum Gasteiger partial charge on any atom is 0.270 e. The zero-order valence-electron chi connectivity index (χ0n) is 18.1. The molecule has 162 valence electrons. The van der Waals surface area contributed by atoms with E-state index in [1.165, 1.54) is 30.6 Å². The number of benzene rings is 1. The fourth-order valence-electron chi connectivity index (χ4n) is 4.58. The van der Waals surface area contributed by atoms with Crippen LogP contribution in [-0.2, 0) is 9.59 Å². The van der Waals surface area contributed by atoms with E-state index in [-0.39, 0.29) is 10.7 Å². The zero-order chi connectivity index (χ0) is 22.1. The van der Waals surface area contributed by atoms with E-state index in [1.807, 2.05) is 6.92 Å². The molecule has 2 fully saturated rings. The van der Waals surface area contributed by atoms with Crippen molar-refractivity contribution in [2.75, 3.05) is 11.5 Å². The molecule has 1 aliphatic heterocycles. The summed E-state index contributed by atoms with van der Waals surface area (Å²) in [5, 5.41) is 2.73. The predicted molar refractivity (Wildman–Crippen MR) is 125 cm³/mol. The van der Waals surface area contributed by atoms with E-state index < -0.39 is 11.8 Å². The van der Waals surface area contributed by atoms with E-state index in [4.69, 9.17) is 17.0 Å². The van der Waals surface area contributed by atoms with Crippen molar-refractivity contribution in [3.05, 3.63) is 52.9 Å². The molecular weight excluding hydrogens is 410 g/mol. The first-order chi connectivity index (χ1) is 14.9. The molecule has 2 aliphatic rings. The molecule has 0 atom stereocenters. The molecule has 4 rings (SSSR count). The van der Waals surface area contributed by atoms with Crippen molar-refractivity contribution in [1.29, 1.82) is 0 Å². The Morgan fingerprint density at radius 2 is 1.84 bits per heavy atom. The van der Waals surface area contributed by atoms with Gasteiger partial charge in [-0.25, -0.2) is 0 Å². The highest BCUT2D eigenvalue weighted by Gasteiger charge is 2.35. The van der Waals surface area contributed by atoms with Crippen molar-refractivity contribution in [3.63, 3.8) is 0 Å². The number of amides is 2. The Labute approximate surface area is 187 Å². The van der Waals surface area contributed by atoms with Crippen LogP contribution in [0.1, 0.15) is 55.6 Å². The summed E-state index contributed by atoms with van der Waals surface area (Å²) in [5.74, 6) is -0.188. The number of nitrogens with one attached hydrogen (secondary N) is 1. The Hall–Kier alpha value is -2.93. The van der Waals surface area contributed by atoms with Gasteiger partial charge in [-0.15, -0.1) is 0 Å². The number of ether oxygens (including phenoxy) is 1. The van der Waals surface area contributed by atoms with E-state index in [9.17, 15) is 9.59 Å². The van der Waals surface area contributed by atoms with E-state index in [1.54, 1.807) is 30.3 Å². The fraction of sp³-hybridized carbons (Fsp3) is 0.375. The van der Waals surface area contributed by atoms with Crippen LogP contribution in [0.15, 0.2) is 35.9 Å². The largest absolute Gasteiger partial charge is 0.494 e. The van der Waals surface area contributed by atoms with Gasteiger partial charge in [0.2, 0.25) is 0 Å². The van der Waals surface area contributed by atoms with Crippen LogP contribution in [0, 0.1) is 13.8 Å². The lowest BCUT2D eigenvalue weighted by molar-refractivity contribution is -0.122. The van der Waals surface area contributed by atoms with Crippen molar-refractivity contribution in [3.8, 4) is 5.75 Å². The summed E-state index contributed by atoms with van der Waals surface area (Å²) in [6.45, 7) is 6.60. The number of hydrogen-bond donors (Lipinski definition) is 1. The second-order valence-corrected chi connectivity index (χ2v) is 8.41. The zero-order valence-corrected chi connectivity index (χ0v) is 18.9. The molecule has 2 aromatic rings. The topological polar surface area (TPSA) is 63.6 Å². The molecule has 1 N–H and O–H groups in total. The highest BCUT2D eigenvalue weighted by molar-refractivity contribution is 7.80. The number of aromatic nitrogens is 1. The first-order valence-corrected chi connectivity index (χ1v) is 11.1. The van der Waals surface area contributed by atoms with Crippen LogP contribution in [0.4, 0.5) is 5.69 Å². The van der Waals surface area contributed by atoms with Crippen LogP contribution in [0.3, 0.4) is 0 Å². The van der Waals surface area contributed by atoms with Gasteiger partial charge < -0.3 is 9.30 Å². The summed E-state index contributed by atoms with van der Waals surface area (Å²) < 4.78 is 7.81. The van der Waals surface area contributed by atoms with E-state index in [0.717, 1.165) is 17.0 Å². The Balaban J connectivity index is 1.67. The Morgan fingerprint density at radius 1 is 1.16 bits per heavy atom. The minimum Gasteiger partial charge on any atom is -0.494 e. The number of carbonyl (C=O) groups is 2. The predicted octanol–water partition coefficient (Wildman–Crippen LogP) is 4.45. The van der Waals surface area contributed by atoms with Crippen LogP contribution < -0.4 is 15.0 Å². The molecule has 0 unspecified atom stereocenters. The molecule has 1 aromatic carbocycles. The van der Waals surface area contributed by atoms with Gasteiger partial charge >= 0.3 is 0 Å². The third kappa shape index (κ3) is 4.02. The fourth-order valence-corrected chi connectivity index (χ4v) is 4.86. The van der Waals surface area contributed by atoms with Crippen LogP contribution in [0.5, 0.6) is 5.75 Å². The molecule has 0 spiro atoms. The van der Waals surface area contributed by atoms with Gasteiger partial charge in [-0.3, -0.25) is 19.8 Å². The Kier molecular flexibility index (Phi) is 5.96. The number of anilines is 1. The highest BCUT2D eigenvalue weighted by atomic mass is 32.1. The average Bonchev–Trinajstić information content (AvgIpc) is 3.34. The lowest BCUT2D eigenvalue weighted by Crippen LogP contribution is -2.54. The molecule has 2 amide bonds. The molecule has 1 aromatic heterocycles. The molecule has 7 heteroatoms. The lowest BCUT2D eigenvalue weighted by atomic mass is 10.1. The second-order valence-electron chi connectivity index (χ2n) is 8.02. The van der Waals surface area contributed by atoms with Crippen molar-refractivity contribution in [1.82, 2.24) is 9.88 Å². The van der Waals surface area contributed by atoms with Gasteiger partial charge in [0.05, 0.1) is 12.3 Å². The standard InChI is InChI=1S/C24H27N3O3S/c1-4-30-20-11-9-19(10-12-20)27-23(29)21(22(28)25-24(27)31)14-17-13-15(2)26(16(17)3)18-7-5-6-8-18/h9-14,18H,4-8H2,1-3H3,(H,25,28,31)/b21-14-. The van der Waals surface area contributed by atoms with Crippen molar-refractivity contribution < 1.29 is 14.3 Å². The number of nitrogens with zero attached hydrogens (tertiary/aromatic N) is 2. The van der Waals surface area contributed by atoms with Crippen molar-refractivity contribution >= 4 is 40.9 Å². The number of carbonyl (C=O) groups excluding carboxylic acids is 2. The molecule has 1 aliphatic carbocycles. The molecule has 0 radical (unpaired) electrons. The molecule has 6 nitrogen and oxygen atoms in total. The molecule has 1 saturated heterocycles. The van der Waals surface area contributed by atoms with Crippen LogP contribution in [0.25, 0.3) is 6.08 Å². The second kappa shape index (κ2) is 8.67. The van der Waals surface area contributed by atoms with Crippen LogP contribution >= 0.6 is 12.2 Å². The number of rotatable bonds is 5. The van der Waals surface area contributed by atoms with Gasteiger partial charge in [0, 0.05) is 17.4 Å². The molecule has 1 saturated carbocycles. The first kappa shape index (κ1) is 21.3. The maximum absolute atomic E-state index is 13.3. The summed E-state index contributed by atoms with van der Waals surface area (Å²) in [4.78, 5) is 27.3. The van der Waals surface area contributed by atoms with Crippen molar-refractivity contribution in [2.24, 2.45) is 0 Å². The SMILES string of the molecule is CCOc1ccc(N2C(=O)/C(=C\c3cc(C)n(C4CCCC4)c3C)C(=O)NC2=S)cc1. The summed E-state index contributed by atoms with van der Waals surface area (Å²) >= 11 is 5.30. The molecule has 2 heterocycles. The highest BCUT2D eigenvalue weighted by Crippen LogP contribution is 2.34.